The van der Waals surface area contributed by atoms with Gasteiger partial charge in [0, 0.05) is 18.7 Å². The van der Waals surface area contributed by atoms with Gasteiger partial charge in [-0.05, 0) is 23.8 Å². The lowest BCUT2D eigenvalue weighted by Crippen LogP contribution is -2.40. The lowest BCUT2D eigenvalue weighted by atomic mass is 10.2. The molecule has 2 aromatic rings. The Labute approximate surface area is 157 Å². The number of nitrogens with zero attached hydrogens (tertiary/aromatic N) is 2. The van der Waals surface area contributed by atoms with Crippen LogP contribution in [0.3, 0.4) is 0 Å². The minimum atomic E-state index is -4.48. The predicted octanol–water partition coefficient (Wildman–Crippen LogP) is 5.01. The molecule has 0 bridgehead atoms. The van der Waals surface area contributed by atoms with Gasteiger partial charge in [0.2, 0.25) is 0 Å². The zero-order chi connectivity index (χ0) is 19.3. The third-order valence-electron chi connectivity index (χ3n) is 3.28. The number of nitro benzene ring substituents is 1. The second kappa shape index (κ2) is 8.33. The number of anilines is 1. The molecule has 5 nitrogen and oxygen atoms in total. The standard InChI is InChI=1S/C16H13ClF3N3O2S/c17-13-7-6-12(23(24)25)8-14(13)21-15(26)22(10-16(18,19)20)9-11-4-2-1-3-5-11/h1-8H,9-10H2,(H,21,26). The van der Waals surface area contributed by atoms with Crippen molar-refractivity contribution < 1.29 is 18.1 Å². The largest absolute Gasteiger partial charge is 0.406 e. The van der Waals surface area contributed by atoms with Gasteiger partial charge in [-0.15, -0.1) is 0 Å². The summed E-state index contributed by atoms with van der Waals surface area (Å²) in [5.74, 6) is 0. The second-order valence-corrected chi connectivity index (χ2v) is 6.10. The summed E-state index contributed by atoms with van der Waals surface area (Å²) in [6.45, 7) is -1.36. The van der Waals surface area contributed by atoms with Crippen molar-refractivity contribution in [3.8, 4) is 0 Å². The Morgan fingerprint density at radius 1 is 1.23 bits per heavy atom. The van der Waals surface area contributed by atoms with Crippen LogP contribution >= 0.6 is 23.8 Å². The Balaban J connectivity index is 2.23. The van der Waals surface area contributed by atoms with Crippen molar-refractivity contribution in [3.05, 3.63) is 69.2 Å². The molecule has 0 radical (unpaired) electrons. The number of benzene rings is 2. The van der Waals surface area contributed by atoms with E-state index < -0.39 is 17.6 Å². The molecule has 0 aromatic heterocycles. The smallest absolute Gasteiger partial charge is 0.336 e. The second-order valence-electron chi connectivity index (χ2n) is 5.31. The van der Waals surface area contributed by atoms with Crippen LogP contribution in [-0.4, -0.2) is 27.7 Å². The third-order valence-corrected chi connectivity index (χ3v) is 3.97. The summed E-state index contributed by atoms with van der Waals surface area (Å²) in [6.07, 6.45) is -4.48. The summed E-state index contributed by atoms with van der Waals surface area (Å²) in [4.78, 5) is 11.1. The van der Waals surface area contributed by atoms with Crippen molar-refractivity contribution in [1.82, 2.24) is 4.90 Å². The highest BCUT2D eigenvalue weighted by molar-refractivity contribution is 7.80. The molecule has 0 spiro atoms. The SMILES string of the molecule is O=[N+]([O-])c1ccc(Cl)c(NC(=S)N(Cc2ccccc2)CC(F)(F)F)c1. The molecule has 138 valence electrons. The number of halogens is 4. The van der Waals surface area contributed by atoms with Gasteiger partial charge in [-0.1, -0.05) is 41.9 Å². The summed E-state index contributed by atoms with van der Waals surface area (Å²) >= 11 is 11.0. The van der Waals surface area contributed by atoms with Gasteiger partial charge in [0.25, 0.3) is 5.69 Å². The van der Waals surface area contributed by atoms with E-state index >= 15 is 0 Å². The molecule has 0 aliphatic carbocycles. The first kappa shape index (κ1) is 19.9. The monoisotopic (exact) mass is 403 g/mol. The molecule has 2 aromatic carbocycles. The number of nitrogens with one attached hydrogen (secondary N) is 1. The van der Waals surface area contributed by atoms with E-state index in [4.69, 9.17) is 23.8 Å². The molecule has 2 rings (SSSR count). The molecule has 0 aliphatic rings. The van der Waals surface area contributed by atoms with Crippen LogP contribution in [0.2, 0.25) is 5.02 Å². The number of hydrogen-bond acceptors (Lipinski definition) is 3. The highest BCUT2D eigenvalue weighted by atomic mass is 35.5. The van der Waals surface area contributed by atoms with Gasteiger partial charge in [0.1, 0.15) is 6.54 Å². The average molecular weight is 404 g/mol. The molecule has 0 unspecified atom stereocenters. The lowest BCUT2D eigenvalue weighted by molar-refractivity contribution is -0.384. The fourth-order valence-electron chi connectivity index (χ4n) is 2.14. The number of thiocarbonyl (C=S) groups is 1. The minimum absolute atomic E-state index is 0.0612. The van der Waals surface area contributed by atoms with Gasteiger partial charge < -0.3 is 10.2 Å². The number of non-ortho nitro benzene ring substituents is 1. The summed E-state index contributed by atoms with van der Waals surface area (Å²) < 4.78 is 38.7. The molecule has 10 heteroatoms. The highest BCUT2D eigenvalue weighted by Gasteiger charge is 2.32. The highest BCUT2D eigenvalue weighted by Crippen LogP contribution is 2.27. The molecule has 0 saturated heterocycles. The van der Waals surface area contributed by atoms with Crippen LogP contribution in [-0.2, 0) is 6.54 Å². The Morgan fingerprint density at radius 2 is 1.88 bits per heavy atom. The molecule has 0 aliphatic heterocycles. The predicted molar refractivity (Wildman–Crippen MR) is 97.2 cm³/mol. The number of nitro groups is 1. The van der Waals surface area contributed by atoms with Crippen molar-refractivity contribution in [3.63, 3.8) is 0 Å². The summed E-state index contributed by atoms with van der Waals surface area (Å²) in [5.41, 5.74) is 0.433. The van der Waals surface area contributed by atoms with Gasteiger partial charge in [-0.25, -0.2) is 0 Å². The summed E-state index contributed by atoms with van der Waals surface area (Å²) in [6, 6.07) is 12.1. The van der Waals surface area contributed by atoms with Gasteiger partial charge in [0.15, 0.2) is 5.11 Å². The van der Waals surface area contributed by atoms with Crippen LogP contribution in [0.25, 0.3) is 0 Å². The van der Waals surface area contributed by atoms with Gasteiger partial charge >= 0.3 is 6.18 Å². The van der Waals surface area contributed by atoms with Crippen molar-refractivity contribution in [1.29, 1.82) is 0 Å². The maximum atomic E-state index is 12.9. The molecule has 26 heavy (non-hydrogen) atoms. The maximum Gasteiger partial charge on any atom is 0.406 e. The molecule has 0 amide bonds. The molecular weight excluding hydrogens is 391 g/mol. The zero-order valence-electron chi connectivity index (χ0n) is 13.2. The van der Waals surface area contributed by atoms with Crippen molar-refractivity contribution >= 4 is 40.3 Å². The van der Waals surface area contributed by atoms with E-state index in [0.29, 0.717) is 5.56 Å². The van der Waals surface area contributed by atoms with Crippen LogP contribution < -0.4 is 5.32 Å². The number of rotatable bonds is 5. The molecular formula is C16H13ClF3N3O2S. The van der Waals surface area contributed by atoms with E-state index in [-0.39, 0.29) is 28.1 Å². The van der Waals surface area contributed by atoms with E-state index in [1.165, 1.54) is 12.1 Å². The lowest BCUT2D eigenvalue weighted by Gasteiger charge is -2.27. The van der Waals surface area contributed by atoms with Crippen LogP contribution in [0.4, 0.5) is 24.5 Å². The Morgan fingerprint density at radius 3 is 2.46 bits per heavy atom. The normalized spacial score (nSPS) is 11.1. The molecule has 0 saturated carbocycles. The Bertz CT molecular complexity index is 803. The third kappa shape index (κ3) is 5.85. The van der Waals surface area contributed by atoms with Gasteiger partial charge in [0.05, 0.1) is 15.6 Å². The minimum Gasteiger partial charge on any atom is -0.336 e. The first-order chi connectivity index (χ1) is 12.2. The van der Waals surface area contributed by atoms with Crippen molar-refractivity contribution in [2.45, 2.75) is 12.7 Å². The van der Waals surface area contributed by atoms with Crippen LogP contribution in [0.5, 0.6) is 0 Å². The van der Waals surface area contributed by atoms with E-state index in [2.05, 4.69) is 5.32 Å². The van der Waals surface area contributed by atoms with E-state index in [9.17, 15) is 23.3 Å². The quantitative estimate of drug-likeness (QED) is 0.432. The fourth-order valence-corrected chi connectivity index (χ4v) is 2.54. The number of alkyl halides is 3. The van der Waals surface area contributed by atoms with Gasteiger partial charge in [-0.2, -0.15) is 13.2 Å². The molecule has 0 heterocycles. The Hall–Kier alpha value is -2.39. The van der Waals surface area contributed by atoms with Crippen molar-refractivity contribution in [2.24, 2.45) is 0 Å². The first-order valence-corrected chi connectivity index (χ1v) is 8.05. The van der Waals surface area contributed by atoms with Crippen LogP contribution in [0.15, 0.2) is 48.5 Å². The van der Waals surface area contributed by atoms with E-state index in [1.54, 1.807) is 30.3 Å². The summed E-state index contributed by atoms with van der Waals surface area (Å²) in [7, 11) is 0. The van der Waals surface area contributed by atoms with E-state index in [0.717, 1.165) is 11.0 Å². The maximum absolute atomic E-state index is 12.9. The van der Waals surface area contributed by atoms with Crippen molar-refractivity contribution in [2.75, 3.05) is 11.9 Å². The molecule has 0 atom stereocenters. The fraction of sp³-hybridized carbons (Fsp3) is 0.188. The topological polar surface area (TPSA) is 58.4 Å². The van der Waals surface area contributed by atoms with Gasteiger partial charge in [-0.3, -0.25) is 10.1 Å². The van der Waals surface area contributed by atoms with Crippen LogP contribution in [0.1, 0.15) is 5.56 Å². The summed E-state index contributed by atoms with van der Waals surface area (Å²) in [5, 5.41) is 13.3. The first-order valence-electron chi connectivity index (χ1n) is 7.26. The Kier molecular flexibility index (Phi) is 6.38. The zero-order valence-corrected chi connectivity index (χ0v) is 14.7. The van der Waals surface area contributed by atoms with Crippen LogP contribution in [0, 0.1) is 10.1 Å². The van der Waals surface area contributed by atoms with E-state index in [1.807, 2.05) is 0 Å². The average Bonchev–Trinajstić information content (AvgIpc) is 2.55. The molecule has 0 fully saturated rings. The molecule has 1 N–H and O–H groups in total. The number of hydrogen-bond donors (Lipinski definition) is 1.